The Balaban J connectivity index is 1.78. The number of unbranched alkanes of at least 4 members (excludes halogenated alkanes) is 3. The first kappa shape index (κ1) is 16.7. The minimum atomic E-state index is 0.928. The summed E-state index contributed by atoms with van der Waals surface area (Å²) in [5, 5.41) is 0. The minimum Gasteiger partial charge on any atom is -0.297 e. The van der Waals surface area contributed by atoms with Crippen LogP contribution >= 0.6 is 12.6 Å². The van der Waals surface area contributed by atoms with E-state index >= 15 is 0 Å². The summed E-state index contributed by atoms with van der Waals surface area (Å²) in [6.45, 7) is 1.38. The van der Waals surface area contributed by atoms with Crippen molar-refractivity contribution in [2.45, 2.75) is 102 Å². The minimum absolute atomic E-state index is 0.928. The highest BCUT2D eigenvalue weighted by Gasteiger charge is 2.28. The summed E-state index contributed by atoms with van der Waals surface area (Å²) in [4.78, 5) is 2.96. The third kappa shape index (κ3) is 5.60. The maximum absolute atomic E-state index is 4.32. The van der Waals surface area contributed by atoms with Crippen LogP contribution in [0.25, 0.3) is 0 Å². The lowest BCUT2D eigenvalue weighted by molar-refractivity contribution is 0.0788. The summed E-state index contributed by atoms with van der Waals surface area (Å²) in [5.41, 5.74) is 0. The lowest BCUT2D eigenvalue weighted by Crippen LogP contribution is -2.45. The first-order valence-corrected chi connectivity index (χ1v) is 9.91. The molecule has 0 spiro atoms. The van der Waals surface area contributed by atoms with Crippen molar-refractivity contribution in [3.8, 4) is 0 Å². The van der Waals surface area contributed by atoms with Gasteiger partial charge in [0, 0.05) is 12.1 Å². The zero-order valence-corrected chi connectivity index (χ0v) is 14.3. The summed E-state index contributed by atoms with van der Waals surface area (Å²) in [6, 6.07) is 1.86. The molecule has 2 aliphatic carbocycles. The largest absolute Gasteiger partial charge is 0.297 e. The van der Waals surface area contributed by atoms with Crippen LogP contribution in [0.4, 0.5) is 0 Å². The lowest BCUT2D eigenvalue weighted by Gasteiger charge is -2.41. The Morgan fingerprint density at radius 2 is 1.15 bits per heavy atom. The maximum atomic E-state index is 4.32. The second kappa shape index (κ2) is 10.1. The van der Waals surface area contributed by atoms with Crippen LogP contribution in [-0.4, -0.2) is 29.3 Å². The van der Waals surface area contributed by atoms with Crippen LogP contribution in [0.15, 0.2) is 0 Å². The third-order valence-corrected chi connectivity index (χ3v) is 5.73. The number of nitrogens with zero attached hydrogens (tertiary/aromatic N) is 1. The molecule has 2 saturated carbocycles. The highest BCUT2D eigenvalue weighted by Crippen LogP contribution is 2.30. The molecule has 20 heavy (non-hydrogen) atoms. The van der Waals surface area contributed by atoms with Crippen molar-refractivity contribution < 1.29 is 0 Å². The van der Waals surface area contributed by atoms with E-state index in [2.05, 4.69) is 17.5 Å². The molecule has 0 aromatic heterocycles. The highest BCUT2D eigenvalue weighted by atomic mass is 32.1. The topological polar surface area (TPSA) is 3.24 Å². The first-order valence-electron chi connectivity index (χ1n) is 9.28. The molecule has 0 unspecified atom stereocenters. The van der Waals surface area contributed by atoms with Crippen molar-refractivity contribution in [3.63, 3.8) is 0 Å². The van der Waals surface area contributed by atoms with Crippen LogP contribution in [0.1, 0.15) is 89.9 Å². The quantitative estimate of drug-likeness (QED) is 0.461. The predicted octanol–water partition coefficient (Wildman–Crippen LogP) is 5.44. The summed E-state index contributed by atoms with van der Waals surface area (Å²) >= 11 is 4.32. The van der Waals surface area contributed by atoms with Crippen LogP contribution in [-0.2, 0) is 0 Å². The zero-order chi connectivity index (χ0) is 14.0. The van der Waals surface area contributed by atoms with E-state index in [1.807, 2.05) is 0 Å². The summed E-state index contributed by atoms with van der Waals surface area (Å²) < 4.78 is 0. The molecule has 2 aliphatic rings. The average molecular weight is 298 g/mol. The fourth-order valence-corrected chi connectivity index (χ4v) is 4.47. The van der Waals surface area contributed by atoms with Gasteiger partial charge < -0.3 is 0 Å². The Kier molecular flexibility index (Phi) is 8.43. The Morgan fingerprint density at radius 3 is 1.65 bits per heavy atom. The maximum Gasteiger partial charge on any atom is 0.00981 e. The third-order valence-electron chi connectivity index (χ3n) is 5.41. The van der Waals surface area contributed by atoms with Gasteiger partial charge >= 0.3 is 0 Å². The molecule has 0 bridgehead atoms. The lowest BCUT2D eigenvalue weighted by atomic mass is 9.88. The molecule has 0 aromatic rings. The molecule has 2 heteroatoms. The van der Waals surface area contributed by atoms with Crippen molar-refractivity contribution in [2.24, 2.45) is 0 Å². The average Bonchev–Trinajstić information content (AvgIpc) is 2.53. The van der Waals surface area contributed by atoms with Crippen molar-refractivity contribution >= 4 is 12.6 Å². The van der Waals surface area contributed by atoms with Gasteiger partial charge in [0.25, 0.3) is 0 Å². The fourth-order valence-electron chi connectivity index (χ4n) is 4.25. The molecule has 1 nitrogen and oxygen atoms in total. The van der Waals surface area contributed by atoms with Crippen LogP contribution in [0.3, 0.4) is 0 Å². The monoisotopic (exact) mass is 297 g/mol. The van der Waals surface area contributed by atoms with E-state index in [1.54, 1.807) is 0 Å². The predicted molar refractivity (Wildman–Crippen MR) is 92.8 cm³/mol. The van der Waals surface area contributed by atoms with E-state index in [0.29, 0.717) is 0 Å². The van der Waals surface area contributed by atoms with Crippen molar-refractivity contribution in [3.05, 3.63) is 0 Å². The van der Waals surface area contributed by atoms with Gasteiger partial charge in [-0.15, -0.1) is 0 Å². The SMILES string of the molecule is SCCCCCCN(C1CCCCC1)C1CCCCC1. The van der Waals surface area contributed by atoms with E-state index < -0.39 is 0 Å². The molecule has 0 aromatic carbocycles. The van der Waals surface area contributed by atoms with Gasteiger partial charge in [-0.2, -0.15) is 12.6 Å². The zero-order valence-electron chi connectivity index (χ0n) is 13.4. The summed E-state index contributed by atoms with van der Waals surface area (Å²) in [6.07, 6.45) is 20.3. The normalized spacial score (nSPS) is 22.5. The molecule has 2 rings (SSSR count). The number of hydrogen-bond acceptors (Lipinski definition) is 2. The van der Waals surface area contributed by atoms with E-state index in [1.165, 1.54) is 96.4 Å². The highest BCUT2D eigenvalue weighted by molar-refractivity contribution is 7.80. The number of hydrogen-bond donors (Lipinski definition) is 1. The van der Waals surface area contributed by atoms with Gasteiger partial charge in [0.2, 0.25) is 0 Å². The summed E-state index contributed by atoms with van der Waals surface area (Å²) in [7, 11) is 0. The van der Waals surface area contributed by atoms with Gasteiger partial charge in [-0.3, -0.25) is 4.90 Å². The molecular formula is C18H35NS. The Labute approximate surface area is 132 Å². The smallest absolute Gasteiger partial charge is 0.00981 e. The second-order valence-electron chi connectivity index (χ2n) is 6.96. The van der Waals surface area contributed by atoms with Gasteiger partial charge in [-0.1, -0.05) is 51.4 Å². The van der Waals surface area contributed by atoms with Gasteiger partial charge in [0.1, 0.15) is 0 Å². The van der Waals surface area contributed by atoms with Gasteiger partial charge in [0.05, 0.1) is 0 Å². The first-order chi connectivity index (χ1) is 9.92. The van der Waals surface area contributed by atoms with Crippen LogP contribution in [0.5, 0.6) is 0 Å². The van der Waals surface area contributed by atoms with Crippen molar-refractivity contribution in [1.82, 2.24) is 4.90 Å². The molecule has 0 saturated heterocycles. The molecule has 0 radical (unpaired) electrons. The molecule has 0 heterocycles. The Morgan fingerprint density at radius 1 is 0.650 bits per heavy atom. The van der Waals surface area contributed by atoms with Gasteiger partial charge in [0.15, 0.2) is 0 Å². The molecule has 0 aliphatic heterocycles. The molecule has 2 fully saturated rings. The molecule has 118 valence electrons. The van der Waals surface area contributed by atoms with Crippen molar-refractivity contribution in [2.75, 3.05) is 12.3 Å². The second-order valence-corrected chi connectivity index (χ2v) is 7.41. The molecule has 0 N–H and O–H groups in total. The van der Waals surface area contributed by atoms with Crippen LogP contribution < -0.4 is 0 Å². The van der Waals surface area contributed by atoms with E-state index in [4.69, 9.17) is 0 Å². The standard InChI is InChI=1S/C18H35NS/c20-16-10-2-1-9-15-19(17-11-5-3-6-12-17)18-13-7-4-8-14-18/h17-18,20H,1-16H2. The van der Waals surface area contributed by atoms with Gasteiger partial charge in [-0.05, 0) is 50.8 Å². The Bertz CT molecular complexity index is 214. The molecule has 0 amide bonds. The molecular weight excluding hydrogens is 262 g/mol. The van der Waals surface area contributed by atoms with E-state index in [-0.39, 0.29) is 0 Å². The fraction of sp³-hybridized carbons (Fsp3) is 1.00. The van der Waals surface area contributed by atoms with Crippen LogP contribution in [0, 0.1) is 0 Å². The van der Waals surface area contributed by atoms with Crippen LogP contribution in [0.2, 0.25) is 0 Å². The van der Waals surface area contributed by atoms with E-state index in [0.717, 1.165) is 17.8 Å². The van der Waals surface area contributed by atoms with Crippen molar-refractivity contribution in [1.29, 1.82) is 0 Å². The van der Waals surface area contributed by atoms with Gasteiger partial charge in [-0.25, -0.2) is 0 Å². The summed E-state index contributed by atoms with van der Waals surface area (Å²) in [5.74, 6) is 1.06. The van der Waals surface area contributed by atoms with E-state index in [9.17, 15) is 0 Å². The number of thiol groups is 1. The molecule has 0 atom stereocenters. The Hall–Kier alpha value is 0.310. The number of rotatable bonds is 8.